The highest BCUT2D eigenvalue weighted by atomic mass is 32.2. The normalized spacial score (nSPS) is 21.7. The number of carbonyl (C=O) groups excluding carboxylic acids is 1. The van der Waals surface area contributed by atoms with Gasteiger partial charge in [-0.25, -0.2) is 23.2 Å². The quantitative estimate of drug-likeness (QED) is 0.772. The molecule has 1 aromatic heterocycles. The molecule has 1 atom stereocenters. The molecule has 1 aromatic rings. The molecule has 150 valence electrons. The van der Waals surface area contributed by atoms with Crippen LogP contribution >= 0.6 is 0 Å². The molecular formula is C16H26N6O4S. The van der Waals surface area contributed by atoms with Crippen LogP contribution in [0.1, 0.15) is 12.8 Å². The van der Waals surface area contributed by atoms with Gasteiger partial charge in [-0.2, -0.15) is 4.31 Å². The summed E-state index contributed by atoms with van der Waals surface area (Å²) in [6, 6.07) is -0.335. The molecule has 0 bridgehead atoms. The Balaban J connectivity index is 1.62. The first kappa shape index (κ1) is 19.8. The molecule has 0 aromatic carbocycles. The topological polar surface area (TPSA) is 108 Å². The number of anilines is 2. The van der Waals surface area contributed by atoms with Crippen LogP contribution in [0.2, 0.25) is 0 Å². The lowest BCUT2D eigenvalue weighted by atomic mass is 10.1. The molecule has 0 aliphatic carbocycles. The van der Waals surface area contributed by atoms with Gasteiger partial charge in [-0.1, -0.05) is 0 Å². The van der Waals surface area contributed by atoms with Crippen molar-refractivity contribution in [1.82, 2.24) is 19.2 Å². The van der Waals surface area contributed by atoms with E-state index in [2.05, 4.69) is 15.3 Å². The molecule has 2 saturated heterocycles. The van der Waals surface area contributed by atoms with Crippen molar-refractivity contribution in [3.63, 3.8) is 0 Å². The Bertz CT molecular complexity index is 749. The highest BCUT2D eigenvalue weighted by molar-refractivity contribution is 7.89. The van der Waals surface area contributed by atoms with Gasteiger partial charge in [0.25, 0.3) is 0 Å². The minimum atomic E-state index is -3.44. The van der Waals surface area contributed by atoms with Crippen LogP contribution in [0, 0.1) is 0 Å². The average Bonchev–Trinajstić information content (AvgIpc) is 2.69. The summed E-state index contributed by atoms with van der Waals surface area (Å²) in [6.07, 6.45) is 4.28. The number of nitrogens with one attached hydrogen (secondary N) is 1. The lowest BCUT2D eigenvalue weighted by molar-refractivity contribution is 0.0721. The lowest BCUT2D eigenvalue weighted by Crippen LogP contribution is -2.52. The van der Waals surface area contributed by atoms with Crippen LogP contribution in [0.15, 0.2) is 12.4 Å². The summed E-state index contributed by atoms with van der Waals surface area (Å²) in [4.78, 5) is 24.2. The zero-order chi connectivity index (χ0) is 19.4. The number of nitrogens with zero attached hydrogens (tertiary/aromatic N) is 5. The Labute approximate surface area is 159 Å². The molecule has 2 aliphatic heterocycles. The van der Waals surface area contributed by atoms with E-state index in [0.29, 0.717) is 57.3 Å². The van der Waals surface area contributed by atoms with Crippen LogP contribution in [-0.4, -0.2) is 92.4 Å². The van der Waals surface area contributed by atoms with Crippen molar-refractivity contribution >= 4 is 27.7 Å². The lowest BCUT2D eigenvalue weighted by Gasteiger charge is -2.36. The van der Waals surface area contributed by atoms with Crippen molar-refractivity contribution in [2.24, 2.45) is 0 Å². The van der Waals surface area contributed by atoms with Crippen molar-refractivity contribution in [2.45, 2.75) is 18.1 Å². The average molecular weight is 398 g/mol. The smallest absolute Gasteiger partial charge is 0.321 e. The maximum atomic E-state index is 12.9. The van der Waals surface area contributed by atoms with Gasteiger partial charge in [-0.3, -0.25) is 0 Å². The molecule has 0 spiro atoms. The van der Waals surface area contributed by atoms with Gasteiger partial charge in [0.1, 0.15) is 0 Å². The van der Waals surface area contributed by atoms with Gasteiger partial charge in [0, 0.05) is 40.3 Å². The number of aromatic nitrogens is 2. The van der Waals surface area contributed by atoms with Gasteiger partial charge < -0.3 is 19.9 Å². The van der Waals surface area contributed by atoms with Crippen molar-refractivity contribution in [3.8, 4) is 0 Å². The Morgan fingerprint density at radius 2 is 1.89 bits per heavy atom. The number of hydrogen-bond donors (Lipinski definition) is 1. The first-order valence-corrected chi connectivity index (χ1v) is 10.5. The van der Waals surface area contributed by atoms with E-state index in [-0.39, 0.29) is 12.6 Å². The molecule has 0 radical (unpaired) electrons. The summed E-state index contributed by atoms with van der Waals surface area (Å²) >= 11 is 0. The SMILES string of the molecule is CN(C)c1ncc(NC(=O)N2CCC[C@H](S(=O)(=O)N3CCOCC3)C2)cn1. The molecule has 1 N–H and O–H groups in total. The maximum absolute atomic E-state index is 12.9. The first-order valence-electron chi connectivity index (χ1n) is 9.00. The molecule has 11 heteroatoms. The Hall–Kier alpha value is -1.98. The fourth-order valence-corrected chi connectivity index (χ4v) is 5.11. The third kappa shape index (κ3) is 4.66. The number of morpholine rings is 1. The predicted molar refractivity (Wildman–Crippen MR) is 101 cm³/mol. The first-order chi connectivity index (χ1) is 12.9. The van der Waals surface area contributed by atoms with Crippen LogP contribution in [0.4, 0.5) is 16.4 Å². The summed E-state index contributed by atoms with van der Waals surface area (Å²) < 4.78 is 32.4. The van der Waals surface area contributed by atoms with E-state index in [1.807, 2.05) is 14.1 Å². The van der Waals surface area contributed by atoms with E-state index >= 15 is 0 Å². The van der Waals surface area contributed by atoms with Gasteiger partial charge in [0.15, 0.2) is 0 Å². The van der Waals surface area contributed by atoms with Gasteiger partial charge in [-0.05, 0) is 12.8 Å². The van der Waals surface area contributed by atoms with E-state index in [4.69, 9.17) is 4.74 Å². The number of amides is 2. The zero-order valence-electron chi connectivity index (χ0n) is 15.7. The number of ether oxygens (including phenoxy) is 1. The number of piperidine rings is 1. The predicted octanol–water partition coefficient (Wildman–Crippen LogP) is 0.201. The van der Waals surface area contributed by atoms with Crippen LogP contribution in [0.25, 0.3) is 0 Å². The second-order valence-electron chi connectivity index (χ2n) is 6.86. The largest absolute Gasteiger partial charge is 0.379 e. The van der Waals surface area contributed by atoms with E-state index in [9.17, 15) is 13.2 Å². The molecule has 10 nitrogen and oxygen atoms in total. The standard InChI is InChI=1S/C16H26N6O4S/c1-20(2)15-17-10-13(11-18-15)19-16(23)21-5-3-4-14(12-21)27(24,25)22-6-8-26-9-7-22/h10-11,14H,3-9,12H2,1-2H3,(H,19,23)/t14-/m0/s1. The van der Waals surface area contributed by atoms with Crippen LogP contribution in [0.5, 0.6) is 0 Å². The van der Waals surface area contributed by atoms with Crippen molar-refractivity contribution in [2.75, 3.05) is 63.7 Å². The van der Waals surface area contributed by atoms with E-state index in [1.54, 1.807) is 9.80 Å². The van der Waals surface area contributed by atoms with Crippen LogP contribution in [0.3, 0.4) is 0 Å². The second-order valence-corrected chi connectivity index (χ2v) is 9.08. The summed E-state index contributed by atoms with van der Waals surface area (Å²) in [7, 11) is 0.221. The van der Waals surface area contributed by atoms with Gasteiger partial charge in [0.05, 0.1) is 36.5 Å². The molecular weight excluding hydrogens is 372 g/mol. The highest BCUT2D eigenvalue weighted by Crippen LogP contribution is 2.22. The molecule has 3 heterocycles. The van der Waals surface area contributed by atoms with Gasteiger partial charge in [-0.15, -0.1) is 0 Å². The van der Waals surface area contributed by atoms with Crippen LogP contribution < -0.4 is 10.2 Å². The summed E-state index contributed by atoms with van der Waals surface area (Å²) in [5.41, 5.74) is 0.476. The van der Waals surface area contributed by atoms with E-state index < -0.39 is 15.3 Å². The molecule has 2 fully saturated rings. The Morgan fingerprint density at radius 1 is 1.22 bits per heavy atom. The van der Waals surface area contributed by atoms with Crippen LogP contribution in [-0.2, 0) is 14.8 Å². The number of likely N-dealkylation sites (tertiary alicyclic amines) is 1. The number of carbonyl (C=O) groups is 1. The number of urea groups is 1. The van der Waals surface area contributed by atoms with Gasteiger partial charge in [0.2, 0.25) is 16.0 Å². The summed E-state index contributed by atoms with van der Waals surface area (Å²) in [5.74, 6) is 0.544. The van der Waals surface area contributed by atoms with Gasteiger partial charge >= 0.3 is 6.03 Å². The van der Waals surface area contributed by atoms with Crippen molar-refractivity contribution < 1.29 is 17.9 Å². The van der Waals surface area contributed by atoms with E-state index in [0.717, 1.165) is 0 Å². The van der Waals surface area contributed by atoms with Crippen molar-refractivity contribution in [3.05, 3.63) is 12.4 Å². The summed E-state index contributed by atoms with van der Waals surface area (Å²) in [5, 5.41) is 2.16. The summed E-state index contributed by atoms with van der Waals surface area (Å²) in [6.45, 7) is 2.29. The van der Waals surface area contributed by atoms with Crippen molar-refractivity contribution in [1.29, 1.82) is 0 Å². The number of sulfonamides is 1. The third-order valence-corrected chi connectivity index (χ3v) is 7.02. The maximum Gasteiger partial charge on any atom is 0.321 e. The minimum absolute atomic E-state index is 0.183. The fourth-order valence-electron chi connectivity index (χ4n) is 3.20. The fraction of sp³-hybridized carbons (Fsp3) is 0.688. The van der Waals surface area contributed by atoms with E-state index in [1.165, 1.54) is 16.7 Å². The molecule has 3 rings (SSSR count). The second kappa shape index (κ2) is 8.36. The number of rotatable bonds is 4. The molecule has 0 unspecified atom stereocenters. The molecule has 2 aliphatic rings. The molecule has 2 amide bonds. The Morgan fingerprint density at radius 3 is 2.52 bits per heavy atom. The number of hydrogen-bond acceptors (Lipinski definition) is 7. The Kier molecular flexibility index (Phi) is 6.12. The molecule has 0 saturated carbocycles. The monoisotopic (exact) mass is 398 g/mol. The highest BCUT2D eigenvalue weighted by Gasteiger charge is 2.37. The minimum Gasteiger partial charge on any atom is -0.379 e. The zero-order valence-corrected chi connectivity index (χ0v) is 16.5. The molecule has 27 heavy (non-hydrogen) atoms. The third-order valence-electron chi connectivity index (χ3n) is 4.71.